The maximum Gasteiger partial charge on any atom is 0.257 e. The van der Waals surface area contributed by atoms with E-state index in [9.17, 15) is 9.18 Å². The molecule has 3 aromatic rings. The molecule has 1 aromatic heterocycles. The van der Waals surface area contributed by atoms with Crippen LogP contribution >= 0.6 is 0 Å². The van der Waals surface area contributed by atoms with Gasteiger partial charge in [-0.2, -0.15) is 0 Å². The highest BCUT2D eigenvalue weighted by atomic mass is 19.1. The van der Waals surface area contributed by atoms with E-state index in [1.54, 1.807) is 6.07 Å². The zero-order valence-electron chi connectivity index (χ0n) is 11.2. The first-order valence-corrected chi connectivity index (χ1v) is 6.58. The molecule has 104 valence electrons. The van der Waals surface area contributed by atoms with Gasteiger partial charge in [-0.15, -0.1) is 0 Å². The van der Waals surface area contributed by atoms with Gasteiger partial charge in [0.15, 0.2) is 0 Å². The lowest BCUT2D eigenvalue weighted by molar-refractivity contribution is 0.629. The molecule has 3 nitrogen and oxygen atoms in total. The first-order valence-electron chi connectivity index (χ1n) is 6.58. The number of aromatic nitrogens is 1. The summed E-state index contributed by atoms with van der Waals surface area (Å²) in [6.07, 6.45) is 1.51. The highest BCUT2D eigenvalue weighted by molar-refractivity contribution is 5.99. The van der Waals surface area contributed by atoms with Crippen LogP contribution in [0.3, 0.4) is 0 Å². The largest absolute Gasteiger partial charge is 0.325 e. The maximum absolute atomic E-state index is 13.5. The fourth-order valence-electron chi connectivity index (χ4n) is 2.48. The molecule has 0 fully saturated rings. The van der Waals surface area contributed by atoms with Crippen molar-refractivity contribution in [3.63, 3.8) is 0 Å². The minimum absolute atomic E-state index is 0.252. The van der Waals surface area contributed by atoms with Gasteiger partial charge in [0.1, 0.15) is 5.82 Å². The van der Waals surface area contributed by atoms with Gasteiger partial charge in [0.2, 0.25) is 0 Å². The molecule has 4 heteroatoms. The molecular weight excluding hydrogens is 267 g/mol. The Balaban J connectivity index is 2.25. The number of benzene rings is 2. The predicted octanol–water partition coefficient (Wildman–Crippen LogP) is 3.26. The van der Waals surface area contributed by atoms with Crippen LogP contribution in [0.1, 0.15) is 16.8 Å². The number of hydrogen-bond acceptors (Lipinski definition) is 2. The maximum atomic E-state index is 13.5. The van der Waals surface area contributed by atoms with Crippen molar-refractivity contribution < 1.29 is 4.39 Å². The Bertz CT molecular complexity index is 869. The van der Waals surface area contributed by atoms with Gasteiger partial charge in [0, 0.05) is 23.7 Å². The number of pyridine rings is 1. The topological polar surface area (TPSA) is 56.7 Å². The van der Waals surface area contributed by atoms with E-state index in [-0.39, 0.29) is 16.9 Å². The molecule has 0 bridgehead atoms. The van der Waals surface area contributed by atoms with Gasteiger partial charge in [-0.1, -0.05) is 36.4 Å². The number of rotatable bonds is 3. The number of aromatic amines is 1. The van der Waals surface area contributed by atoms with E-state index in [1.165, 1.54) is 12.1 Å². The van der Waals surface area contributed by atoms with Crippen molar-refractivity contribution in [1.29, 1.82) is 5.41 Å². The zero-order chi connectivity index (χ0) is 14.8. The molecule has 0 saturated heterocycles. The van der Waals surface area contributed by atoms with E-state index in [2.05, 4.69) is 4.98 Å². The molecule has 0 spiro atoms. The average Bonchev–Trinajstić information content (AvgIpc) is 2.49. The van der Waals surface area contributed by atoms with Crippen LogP contribution in [0, 0.1) is 11.2 Å². The Morgan fingerprint density at radius 2 is 1.86 bits per heavy atom. The molecule has 0 saturated carbocycles. The summed E-state index contributed by atoms with van der Waals surface area (Å²) in [5, 5.41) is 8.61. The Kier molecular flexibility index (Phi) is 3.36. The van der Waals surface area contributed by atoms with E-state index in [1.807, 2.05) is 30.3 Å². The minimum Gasteiger partial charge on any atom is -0.325 e. The van der Waals surface area contributed by atoms with E-state index < -0.39 is 0 Å². The second-order valence-electron chi connectivity index (χ2n) is 4.84. The lowest BCUT2D eigenvalue weighted by Crippen LogP contribution is -2.15. The highest BCUT2D eigenvalue weighted by Gasteiger charge is 2.10. The van der Waals surface area contributed by atoms with Crippen LogP contribution in [0.15, 0.2) is 53.3 Å². The normalized spacial score (nSPS) is 10.7. The van der Waals surface area contributed by atoms with E-state index in [0.29, 0.717) is 22.9 Å². The van der Waals surface area contributed by atoms with Crippen molar-refractivity contribution in [3.05, 3.63) is 81.5 Å². The molecule has 0 radical (unpaired) electrons. The van der Waals surface area contributed by atoms with E-state index in [0.717, 1.165) is 11.8 Å². The van der Waals surface area contributed by atoms with Crippen LogP contribution in [0.4, 0.5) is 4.39 Å². The fourth-order valence-corrected chi connectivity index (χ4v) is 2.48. The quantitative estimate of drug-likeness (QED) is 0.711. The van der Waals surface area contributed by atoms with Gasteiger partial charge in [-0.25, -0.2) is 4.39 Å². The summed E-state index contributed by atoms with van der Waals surface area (Å²) >= 11 is 0. The van der Waals surface area contributed by atoms with Gasteiger partial charge in [0.25, 0.3) is 5.56 Å². The summed E-state index contributed by atoms with van der Waals surface area (Å²) in [6, 6.07) is 13.9. The van der Waals surface area contributed by atoms with Crippen LogP contribution in [-0.4, -0.2) is 11.2 Å². The molecule has 0 unspecified atom stereocenters. The van der Waals surface area contributed by atoms with Crippen LogP contribution in [0.2, 0.25) is 0 Å². The van der Waals surface area contributed by atoms with Gasteiger partial charge in [-0.05, 0) is 23.1 Å². The lowest BCUT2D eigenvalue weighted by atomic mass is 10.0. The second-order valence-corrected chi connectivity index (χ2v) is 4.84. The van der Waals surface area contributed by atoms with Crippen molar-refractivity contribution >= 4 is 17.0 Å². The van der Waals surface area contributed by atoms with Crippen LogP contribution in [0.5, 0.6) is 0 Å². The zero-order valence-corrected chi connectivity index (χ0v) is 11.2. The van der Waals surface area contributed by atoms with Crippen molar-refractivity contribution in [2.75, 3.05) is 0 Å². The number of H-pyrrole nitrogens is 1. The molecule has 0 aliphatic heterocycles. The summed E-state index contributed by atoms with van der Waals surface area (Å²) in [6.45, 7) is 0. The number of halogens is 1. The van der Waals surface area contributed by atoms with Crippen LogP contribution in [-0.2, 0) is 6.42 Å². The molecule has 2 N–H and O–H groups in total. The average molecular weight is 280 g/mol. The first kappa shape index (κ1) is 13.2. The van der Waals surface area contributed by atoms with Gasteiger partial charge in [-0.3, -0.25) is 4.79 Å². The molecule has 2 aromatic carbocycles. The van der Waals surface area contributed by atoms with E-state index in [4.69, 9.17) is 5.41 Å². The van der Waals surface area contributed by atoms with Gasteiger partial charge >= 0.3 is 0 Å². The SMILES string of the molecule is N=Cc1c(=O)[nH]c(Cc2ccccc2)c2cc(F)ccc12. The summed E-state index contributed by atoms with van der Waals surface area (Å²) in [4.78, 5) is 14.8. The number of nitrogens with one attached hydrogen (secondary N) is 2. The predicted molar refractivity (Wildman–Crippen MR) is 81.7 cm³/mol. The molecule has 0 aliphatic carbocycles. The van der Waals surface area contributed by atoms with Crippen LogP contribution in [0.25, 0.3) is 10.8 Å². The number of hydrogen-bond donors (Lipinski definition) is 2. The lowest BCUT2D eigenvalue weighted by Gasteiger charge is -2.09. The van der Waals surface area contributed by atoms with Crippen molar-refractivity contribution in [2.45, 2.75) is 6.42 Å². The van der Waals surface area contributed by atoms with Crippen LogP contribution < -0.4 is 5.56 Å². The summed E-state index contributed by atoms with van der Waals surface area (Å²) in [7, 11) is 0. The van der Waals surface area contributed by atoms with Gasteiger partial charge in [0.05, 0.1) is 5.56 Å². The molecular formula is C17H13FN2O. The molecule has 21 heavy (non-hydrogen) atoms. The van der Waals surface area contributed by atoms with E-state index >= 15 is 0 Å². The molecule has 3 rings (SSSR count). The monoisotopic (exact) mass is 280 g/mol. The summed E-state index contributed by atoms with van der Waals surface area (Å²) < 4.78 is 13.5. The third-order valence-corrected chi connectivity index (χ3v) is 3.47. The fraction of sp³-hybridized carbons (Fsp3) is 0.0588. The standard InChI is InChI=1S/C17H13FN2O/c18-12-6-7-13-14(9-12)16(20-17(21)15(13)10-19)8-11-4-2-1-3-5-11/h1-7,9-10,19H,8H2,(H,20,21). The first-order chi connectivity index (χ1) is 10.2. The summed E-state index contributed by atoms with van der Waals surface area (Å²) in [5.41, 5.74) is 1.62. The van der Waals surface area contributed by atoms with Gasteiger partial charge < -0.3 is 10.4 Å². The highest BCUT2D eigenvalue weighted by Crippen LogP contribution is 2.21. The molecule has 0 atom stereocenters. The Morgan fingerprint density at radius 1 is 1.10 bits per heavy atom. The molecule has 1 heterocycles. The third-order valence-electron chi connectivity index (χ3n) is 3.47. The Morgan fingerprint density at radius 3 is 2.57 bits per heavy atom. The Hall–Kier alpha value is -2.75. The third kappa shape index (κ3) is 2.48. The smallest absolute Gasteiger partial charge is 0.257 e. The Labute approximate surface area is 120 Å². The summed E-state index contributed by atoms with van der Waals surface area (Å²) in [5.74, 6) is -0.361. The van der Waals surface area contributed by atoms with Crippen molar-refractivity contribution in [3.8, 4) is 0 Å². The van der Waals surface area contributed by atoms with Crippen molar-refractivity contribution in [1.82, 2.24) is 4.98 Å². The minimum atomic E-state index is -0.361. The molecule has 0 amide bonds. The number of fused-ring (bicyclic) bond motifs is 1. The van der Waals surface area contributed by atoms with Crippen molar-refractivity contribution in [2.24, 2.45) is 0 Å². The second kappa shape index (κ2) is 5.32. The molecule has 0 aliphatic rings.